The van der Waals surface area contributed by atoms with Crippen LogP contribution in [-0.2, 0) is 4.57 Å². The largest absolute Gasteiger partial charge is 1.00 e. The fourth-order valence-corrected chi connectivity index (χ4v) is 4.48. The zero-order valence-corrected chi connectivity index (χ0v) is 31.5. The summed E-state index contributed by atoms with van der Waals surface area (Å²) in [6.07, 6.45) is 25.7. The maximum absolute atomic E-state index is 10.3. The molecule has 0 atom stereocenters. The van der Waals surface area contributed by atoms with Gasteiger partial charge >= 0.3 is 59.1 Å². The number of hydrogen-bond donors (Lipinski definition) is 0. The van der Waals surface area contributed by atoms with E-state index in [1.807, 2.05) is 0 Å². The van der Waals surface area contributed by atoms with Gasteiger partial charge in [-0.05, 0) is 25.4 Å². The second-order valence-corrected chi connectivity index (χ2v) is 12.4. The average Bonchev–Trinajstić information content (AvgIpc) is 2.70. The first kappa shape index (κ1) is 47.4. The Hall–Kier alpha value is 2.59. The van der Waals surface area contributed by atoms with Gasteiger partial charge in [0.05, 0.1) is 27.7 Å². The minimum atomic E-state index is -4.24. The molecule has 8 heteroatoms. The van der Waals surface area contributed by atoms with Crippen molar-refractivity contribution >= 4 is 7.60 Å². The summed E-state index contributed by atoms with van der Waals surface area (Å²) in [5, 5.41) is 0. The molecule has 0 N–H and O–H groups in total. The van der Waals surface area contributed by atoms with E-state index in [1.54, 1.807) is 0 Å². The second-order valence-electron chi connectivity index (χ2n) is 10.7. The van der Waals surface area contributed by atoms with Gasteiger partial charge in [-0.25, -0.2) is 0 Å². The summed E-state index contributed by atoms with van der Waals surface area (Å²) in [4.78, 5) is 20.7. The maximum Gasteiger partial charge on any atom is 1.00 e. The van der Waals surface area contributed by atoms with E-state index in [-0.39, 0.29) is 82.3 Å². The van der Waals surface area contributed by atoms with E-state index in [4.69, 9.17) is 0 Å². The summed E-state index contributed by atoms with van der Waals surface area (Å²) in [5.41, 5.74) is 0. The minimum Gasteiger partial charge on any atom is -1.00 e. The molecule has 0 saturated carbocycles. The first-order valence-electron chi connectivity index (χ1n) is 13.9. The number of quaternary nitrogens is 1. The molecule has 0 aromatic heterocycles. The molecule has 0 rings (SSSR count). The van der Waals surface area contributed by atoms with Gasteiger partial charge in [0, 0.05) is 0 Å². The Morgan fingerprint density at radius 3 is 1.03 bits per heavy atom. The molecule has 0 radical (unpaired) electrons. The minimum absolute atomic E-state index is 0. The summed E-state index contributed by atoms with van der Waals surface area (Å²) < 4.78 is 11.5. The van der Waals surface area contributed by atoms with Gasteiger partial charge in [-0.3, -0.25) is 0 Å². The molecule has 4 nitrogen and oxygen atoms in total. The molecular weight excluding hydrogens is 543 g/mol. The van der Waals surface area contributed by atoms with Gasteiger partial charge in [-0.1, -0.05) is 131 Å². The van der Waals surface area contributed by atoms with Gasteiger partial charge in [0.2, 0.25) is 0 Å². The monoisotopic (exact) mass is 601 g/mol. The topological polar surface area (TPSA) is 63.2 Å². The Balaban J connectivity index is -0.000000158. The number of rotatable bonds is 22. The Morgan fingerprint density at radius 1 is 0.514 bits per heavy atom. The smallest absolute Gasteiger partial charge is 1.00 e. The number of unbranched alkanes of at least 4 members (excludes halogenated alkanes) is 18. The van der Waals surface area contributed by atoms with Crippen molar-refractivity contribution in [2.75, 3.05) is 33.8 Å². The summed E-state index contributed by atoms with van der Waals surface area (Å²) in [6.45, 7) is 5.83. The predicted molar refractivity (Wildman–Crippen MR) is 139 cm³/mol. The van der Waals surface area contributed by atoms with Gasteiger partial charge < -0.3 is 35.8 Å². The second kappa shape index (κ2) is 34.6. The first-order chi connectivity index (χ1) is 15.1. The van der Waals surface area contributed by atoms with E-state index >= 15 is 0 Å². The third-order valence-corrected chi connectivity index (χ3v) is 6.83. The van der Waals surface area contributed by atoms with Crippen molar-refractivity contribution in [3.8, 4) is 0 Å². The fraction of sp³-hybridized carbons (Fsp3) is 1.00. The van der Waals surface area contributed by atoms with Crippen molar-refractivity contribution in [3.63, 3.8) is 0 Å². The molecule has 0 unspecified atom stereocenters. The van der Waals surface area contributed by atoms with Gasteiger partial charge in [0.25, 0.3) is 0 Å². The molecule has 0 fully saturated rings. The fourth-order valence-electron chi connectivity index (χ4n) is 3.87. The zero-order valence-electron chi connectivity index (χ0n) is 25.1. The van der Waals surface area contributed by atoms with Crippen molar-refractivity contribution in [2.45, 2.75) is 142 Å². The number of halogens is 1. The molecule has 0 bridgehead atoms. The van der Waals surface area contributed by atoms with Crippen LogP contribution in [0.2, 0.25) is 0 Å². The van der Waals surface area contributed by atoms with Crippen molar-refractivity contribution < 1.29 is 94.9 Å². The average molecular weight is 603 g/mol. The van der Waals surface area contributed by atoms with Crippen LogP contribution in [0.5, 0.6) is 0 Å². The first-order valence-corrected chi connectivity index (χ1v) is 15.7. The zero-order chi connectivity index (χ0) is 24.6. The van der Waals surface area contributed by atoms with Crippen molar-refractivity contribution in [2.24, 2.45) is 0 Å². The molecule has 0 aromatic carbocycles. The van der Waals surface area contributed by atoms with Crippen LogP contribution in [0, 0.1) is 0 Å². The molecule has 0 saturated heterocycles. The van der Waals surface area contributed by atoms with Crippen LogP contribution in [0.15, 0.2) is 0 Å². The van der Waals surface area contributed by atoms with Crippen LogP contribution in [0.3, 0.4) is 0 Å². The van der Waals surface area contributed by atoms with Gasteiger partial charge in [-0.2, -0.15) is 0 Å². The number of hydrogen-bond acceptors (Lipinski definition) is 3. The molecular formula is C27H59BrNNa2O3P. The van der Waals surface area contributed by atoms with E-state index in [2.05, 4.69) is 35.0 Å². The maximum atomic E-state index is 10.3. The van der Waals surface area contributed by atoms with Crippen molar-refractivity contribution in [3.05, 3.63) is 0 Å². The van der Waals surface area contributed by atoms with Crippen LogP contribution < -0.4 is 85.9 Å². The Bertz CT molecular complexity index is 422. The van der Waals surface area contributed by atoms with E-state index in [1.165, 1.54) is 116 Å². The third kappa shape index (κ3) is 53.6. The quantitative estimate of drug-likeness (QED) is 0.0653. The van der Waals surface area contributed by atoms with Gasteiger partial charge in [0.1, 0.15) is 0 Å². The molecule has 0 amide bonds. The molecule has 0 aliphatic carbocycles. The standard InChI is InChI=1S/C15H34N.C12H27O3P.BrH.2Na/c1-5-6-7-8-9-10-11-12-13-14-15-16(2,3)4;1-2-3-4-5-6-7-8-9-10-11-12-16(13,14)15;;;/h5-15H2,1-4H3;2-12H2,1H3,(H2,13,14,15);1H;;/q+1;;;2*+1/p-3. The van der Waals surface area contributed by atoms with Crippen LogP contribution in [0.25, 0.3) is 0 Å². The van der Waals surface area contributed by atoms with Crippen LogP contribution in [0.4, 0.5) is 0 Å². The summed E-state index contributed by atoms with van der Waals surface area (Å²) in [7, 11) is 2.62. The molecule has 0 aromatic rings. The van der Waals surface area contributed by atoms with E-state index < -0.39 is 7.60 Å². The molecule has 0 spiro atoms. The normalized spacial score (nSPS) is 10.9. The third-order valence-electron chi connectivity index (χ3n) is 5.97. The summed E-state index contributed by atoms with van der Waals surface area (Å²) >= 11 is 0. The van der Waals surface area contributed by atoms with E-state index in [0.717, 1.165) is 17.3 Å². The molecule has 0 aliphatic heterocycles. The van der Waals surface area contributed by atoms with Crippen molar-refractivity contribution in [1.29, 1.82) is 0 Å². The molecule has 0 aliphatic rings. The van der Waals surface area contributed by atoms with Crippen LogP contribution >= 0.6 is 7.60 Å². The number of nitrogens with zero attached hydrogens (tertiary/aromatic N) is 1. The molecule has 204 valence electrons. The Labute approximate surface area is 276 Å². The van der Waals surface area contributed by atoms with E-state index in [9.17, 15) is 14.4 Å². The predicted octanol–water partition coefficient (Wildman–Crippen LogP) is -1.55. The SMILES string of the molecule is CCCCCCCCCCCCP(=O)([O-])[O-].CCCCCCCCCCCC[N+](C)(C)C.[Br-].[Na+].[Na+]. The van der Waals surface area contributed by atoms with Gasteiger partial charge in [-0.15, -0.1) is 0 Å². The van der Waals surface area contributed by atoms with Gasteiger partial charge in [0.15, 0.2) is 0 Å². The van der Waals surface area contributed by atoms with E-state index in [0.29, 0.717) is 6.42 Å². The van der Waals surface area contributed by atoms with Crippen molar-refractivity contribution in [1.82, 2.24) is 0 Å². The van der Waals surface area contributed by atoms with Crippen LogP contribution in [-0.4, -0.2) is 38.3 Å². The summed E-state index contributed by atoms with van der Waals surface area (Å²) in [6, 6.07) is 0. The summed E-state index contributed by atoms with van der Waals surface area (Å²) in [5.74, 6) is 0. The molecule has 0 heterocycles. The van der Waals surface area contributed by atoms with Crippen LogP contribution in [0.1, 0.15) is 142 Å². The Kier molecular flexibility index (Phi) is 46.9. The Morgan fingerprint density at radius 2 is 0.771 bits per heavy atom. The molecule has 35 heavy (non-hydrogen) atoms.